The number of halogens is 1. The van der Waals surface area contributed by atoms with E-state index in [1.165, 1.54) is 11.1 Å². The van der Waals surface area contributed by atoms with Gasteiger partial charge in [-0.1, -0.05) is 66.2 Å². The van der Waals surface area contributed by atoms with Crippen LogP contribution in [0.2, 0.25) is 5.02 Å². The number of aromatic nitrogens is 1. The van der Waals surface area contributed by atoms with E-state index in [1.807, 2.05) is 30.3 Å². The van der Waals surface area contributed by atoms with E-state index in [9.17, 15) is 10.0 Å². The lowest BCUT2D eigenvalue weighted by atomic mass is 10.0. The molecule has 27 heavy (non-hydrogen) atoms. The average Bonchev–Trinajstić information content (AvgIpc) is 2.93. The van der Waals surface area contributed by atoms with Crippen LogP contribution in [0.5, 0.6) is 5.88 Å². The molecule has 0 saturated carbocycles. The maximum Gasteiger partial charge on any atom is 0.222 e. The zero-order valence-corrected chi connectivity index (χ0v) is 15.2. The van der Waals surface area contributed by atoms with Gasteiger partial charge in [-0.25, -0.2) is 0 Å². The van der Waals surface area contributed by atoms with Crippen LogP contribution in [0, 0.1) is 4.91 Å². The maximum atomic E-state index is 11.2. The lowest BCUT2D eigenvalue weighted by Crippen LogP contribution is -2.00. The first-order chi connectivity index (χ1) is 13.2. The molecule has 0 amide bonds. The van der Waals surface area contributed by atoms with Gasteiger partial charge in [0.15, 0.2) is 5.69 Å². The predicted octanol–water partition coefficient (Wildman–Crippen LogP) is 6.04. The summed E-state index contributed by atoms with van der Waals surface area (Å²) in [5, 5.41) is 14.5. The lowest BCUT2D eigenvalue weighted by molar-refractivity contribution is 0.430. The summed E-state index contributed by atoms with van der Waals surface area (Å²) in [7, 11) is 0. The van der Waals surface area contributed by atoms with Crippen molar-refractivity contribution in [1.29, 1.82) is 0 Å². The Hall–Kier alpha value is -3.11. The zero-order valence-electron chi connectivity index (χ0n) is 14.5. The standard InChI is InChI=1S/C22H17ClN2O2/c23-18-9-10-20-19(13-18)21(24-27)22(26)25(20)14-17-8-4-7-16(12-17)11-15-5-2-1-3-6-15/h1-10,12-13,26H,11,14H2. The van der Waals surface area contributed by atoms with Crippen molar-refractivity contribution in [2.45, 2.75) is 13.0 Å². The minimum Gasteiger partial charge on any atom is -0.493 e. The van der Waals surface area contributed by atoms with Crippen molar-refractivity contribution >= 4 is 28.2 Å². The Balaban J connectivity index is 1.70. The number of nitroso groups, excluding NO2 is 1. The Labute approximate surface area is 161 Å². The van der Waals surface area contributed by atoms with Crippen molar-refractivity contribution in [3.05, 3.63) is 99.4 Å². The molecule has 0 unspecified atom stereocenters. The monoisotopic (exact) mass is 376 g/mol. The number of fused-ring (bicyclic) bond motifs is 1. The van der Waals surface area contributed by atoms with Crippen molar-refractivity contribution in [3.8, 4) is 5.88 Å². The van der Waals surface area contributed by atoms with Crippen LogP contribution in [0.3, 0.4) is 0 Å². The molecule has 3 aromatic carbocycles. The molecule has 0 aliphatic rings. The molecule has 134 valence electrons. The van der Waals surface area contributed by atoms with E-state index in [1.54, 1.807) is 22.8 Å². The van der Waals surface area contributed by atoms with Crippen LogP contribution in [0.15, 0.2) is 78.0 Å². The SMILES string of the molecule is O=Nc1c(O)n(Cc2cccc(Cc3ccccc3)c2)c2ccc(Cl)cc12. The second-order valence-corrected chi connectivity index (χ2v) is 6.93. The molecule has 0 fully saturated rings. The van der Waals surface area contributed by atoms with Crippen LogP contribution in [-0.2, 0) is 13.0 Å². The summed E-state index contributed by atoms with van der Waals surface area (Å²) in [4.78, 5) is 11.2. The van der Waals surface area contributed by atoms with Gasteiger partial charge in [0.05, 0.1) is 12.1 Å². The Morgan fingerprint density at radius 3 is 2.41 bits per heavy atom. The third-order valence-corrected chi connectivity index (χ3v) is 4.88. The van der Waals surface area contributed by atoms with Gasteiger partial charge in [-0.3, -0.25) is 0 Å². The van der Waals surface area contributed by atoms with Crippen molar-refractivity contribution in [1.82, 2.24) is 4.57 Å². The third-order valence-electron chi connectivity index (χ3n) is 4.65. The minimum atomic E-state index is -0.143. The molecule has 0 aliphatic heterocycles. The highest BCUT2D eigenvalue weighted by atomic mass is 35.5. The molecule has 4 nitrogen and oxygen atoms in total. The van der Waals surface area contributed by atoms with Crippen molar-refractivity contribution in [3.63, 3.8) is 0 Å². The number of hydrogen-bond donors (Lipinski definition) is 1. The van der Waals surface area contributed by atoms with Gasteiger partial charge >= 0.3 is 0 Å². The Bertz CT molecular complexity index is 1120. The lowest BCUT2D eigenvalue weighted by Gasteiger charge is -2.09. The molecule has 0 bridgehead atoms. The zero-order chi connectivity index (χ0) is 18.8. The second-order valence-electron chi connectivity index (χ2n) is 6.49. The summed E-state index contributed by atoms with van der Waals surface area (Å²) >= 11 is 6.03. The first-order valence-corrected chi connectivity index (χ1v) is 8.99. The maximum absolute atomic E-state index is 11.2. The second kappa shape index (κ2) is 7.25. The first-order valence-electron chi connectivity index (χ1n) is 8.61. The van der Waals surface area contributed by atoms with Gasteiger partial charge in [0.2, 0.25) is 5.88 Å². The first kappa shape index (κ1) is 17.3. The van der Waals surface area contributed by atoms with Gasteiger partial charge in [0.1, 0.15) is 0 Å². The minimum absolute atomic E-state index is 0.0212. The number of hydrogen-bond acceptors (Lipinski definition) is 3. The Kier molecular flexibility index (Phi) is 4.65. The fourth-order valence-corrected chi connectivity index (χ4v) is 3.57. The molecule has 0 radical (unpaired) electrons. The highest BCUT2D eigenvalue weighted by molar-refractivity contribution is 6.31. The summed E-state index contributed by atoms with van der Waals surface area (Å²) in [5.41, 5.74) is 4.20. The average molecular weight is 377 g/mol. The molecule has 0 spiro atoms. The van der Waals surface area contributed by atoms with Crippen molar-refractivity contribution < 1.29 is 5.11 Å². The molecular weight excluding hydrogens is 360 g/mol. The molecule has 5 heteroatoms. The van der Waals surface area contributed by atoms with Gasteiger partial charge in [0, 0.05) is 10.4 Å². The number of rotatable bonds is 5. The van der Waals surface area contributed by atoms with Crippen molar-refractivity contribution in [2.24, 2.45) is 5.18 Å². The Morgan fingerprint density at radius 1 is 0.889 bits per heavy atom. The molecule has 1 heterocycles. The van der Waals surface area contributed by atoms with E-state index < -0.39 is 0 Å². The molecule has 0 saturated heterocycles. The van der Waals surface area contributed by atoms with Crippen LogP contribution >= 0.6 is 11.6 Å². The normalized spacial score (nSPS) is 11.0. The van der Waals surface area contributed by atoms with Gasteiger partial charge in [-0.15, -0.1) is 4.91 Å². The van der Waals surface area contributed by atoms with Gasteiger partial charge < -0.3 is 9.67 Å². The molecule has 1 N–H and O–H groups in total. The van der Waals surface area contributed by atoms with E-state index in [4.69, 9.17) is 11.6 Å². The quantitative estimate of drug-likeness (QED) is 0.432. The van der Waals surface area contributed by atoms with Crippen LogP contribution in [-0.4, -0.2) is 9.67 Å². The number of nitrogens with zero attached hydrogens (tertiary/aromatic N) is 2. The summed E-state index contributed by atoms with van der Waals surface area (Å²) in [6.07, 6.45) is 0.837. The summed E-state index contributed by atoms with van der Waals surface area (Å²) in [6.45, 7) is 0.433. The molecule has 0 aliphatic carbocycles. The highest BCUT2D eigenvalue weighted by Crippen LogP contribution is 2.40. The number of benzene rings is 3. The third kappa shape index (κ3) is 3.44. The van der Waals surface area contributed by atoms with Crippen LogP contribution in [0.4, 0.5) is 5.69 Å². The van der Waals surface area contributed by atoms with E-state index in [2.05, 4.69) is 29.4 Å². The fourth-order valence-electron chi connectivity index (χ4n) is 3.40. The molecule has 0 atom stereocenters. The van der Waals surface area contributed by atoms with Crippen LogP contribution < -0.4 is 0 Å². The topological polar surface area (TPSA) is 54.6 Å². The molecule has 4 aromatic rings. The highest BCUT2D eigenvalue weighted by Gasteiger charge is 2.18. The predicted molar refractivity (Wildman–Crippen MR) is 109 cm³/mol. The van der Waals surface area contributed by atoms with E-state index >= 15 is 0 Å². The van der Waals surface area contributed by atoms with Gasteiger partial charge in [0.25, 0.3) is 0 Å². The summed E-state index contributed by atoms with van der Waals surface area (Å²) in [5.74, 6) is -0.143. The van der Waals surface area contributed by atoms with Gasteiger partial charge in [-0.2, -0.15) is 0 Å². The van der Waals surface area contributed by atoms with Crippen LogP contribution in [0.1, 0.15) is 16.7 Å². The largest absolute Gasteiger partial charge is 0.493 e. The smallest absolute Gasteiger partial charge is 0.222 e. The van der Waals surface area contributed by atoms with Crippen LogP contribution in [0.25, 0.3) is 10.9 Å². The van der Waals surface area contributed by atoms with E-state index in [0.29, 0.717) is 17.0 Å². The molecular formula is C22H17ClN2O2. The van der Waals surface area contributed by atoms with Gasteiger partial charge in [-0.05, 0) is 46.5 Å². The molecule has 4 rings (SSSR count). The fraction of sp³-hybridized carbons (Fsp3) is 0.0909. The van der Waals surface area contributed by atoms with E-state index in [-0.39, 0.29) is 11.6 Å². The Morgan fingerprint density at radius 2 is 1.63 bits per heavy atom. The summed E-state index contributed by atoms with van der Waals surface area (Å²) < 4.78 is 1.68. The molecule has 1 aromatic heterocycles. The number of aromatic hydroxyl groups is 1. The van der Waals surface area contributed by atoms with E-state index in [0.717, 1.165) is 17.5 Å². The van der Waals surface area contributed by atoms with Crippen molar-refractivity contribution in [2.75, 3.05) is 0 Å². The summed E-state index contributed by atoms with van der Waals surface area (Å²) in [6, 6.07) is 23.7.